The number of hydrogen-bond donors (Lipinski definition) is 1. The number of nitrogens with zero attached hydrogens (tertiary/aromatic N) is 3. The fraction of sp³-hybridized carbons (Fsp3) is 0.391. The molecular formula is C23H30N4O6S2. The molecule has 0 saturated carbocycles. The van der Waals surface area contributed by atoms with Gasteiger partial charge in [-0.2, -0.15) is 0 Å². The molecule has 10 nitrogen and oxygen atoms in total. The van der Waals surface area contributed by atoms with E-state index in [9.17, 15) is 26.4 Å². The molecule has 12 heteroatoms. The van der Waals surface area contributed by atoms with Crippen LogP contribution in [0.15, 0.2) is 53.4 Å². The number of hydrogen-bond acceptors (Lipinski definition) is 6. The molecule has 0 aliphatic carbocycles. The summed E-state index contributed by atoms with van der Waals surface area (Å²) in [5, 5.41) is 2.72. The third-order valence-electron chi connectivity index (χ3n) is 5.62. The van der Waals surface area contributed by atoms with Crippen LogP contribution in [0.4, 0.5) is 5.69 Å². The zero-order chi connectivity index (χ0) is 25.8. The van der Waals surface area contributed by atoms with E-state index in [0.29, 0.717) is 13.0 Å². The van der Waals surface area contributed by atoms with Gasteiger partial charge in [0, 0.05) is 40.2 Å². The van der Waals surface area contributed by atoms with Crippen molar-refractivity contribution in [1.82, 2.24) is 14.5 Å². The van der Waals surface area contributed by atoms with Gasteiger partial charge in [-0.25, -0.2) is 21.1 Å². The number of likely N-dealkylation sites (tertiary alicyclic amines) is 1. The number of sulfonamides is 2. The lowest BCUT2D eigenvalue weighted by Crippen LogP contribution is -2.40. The minimum absolute atomic E-state index is 0.0136. The van der Waals surface area contributed by atoms with Crippen LogP contribution in [0.2, 0.25) is 0 Å². The minimum atomic E-state index is -3.81. The highest BCUT2D eigenvalue weighted by Crippen LogP contribution is 2.22. The van der Waals surface area contributed by atoms with Crippen LogP contribution in [0, 0.1) is 0 Å². The first-order valence-corrected chi connectivity index (χ1v) is 14.3. The summed E-state index contributed by atoms with van der Waals surface area (Å²) in [5.41, 5.74) is 1.96. The van der Waals surface area contributed by atoms with Crippen molar-refractivity contribution in [3.05, 3.63) is 59.7 Å². The van der Waals surface area contributed by atoms with Crippen LogP contribution >= 0.6 is 0 Å². The topological polar surface area (TPSA) is 124 Å². The summed E-state index contributed by atoms with van der Waals surface area (Å²) in [6, 6.07) is 12.8. The van der Waals surface area contributed by atoms with Crippen LogP contribution in [0.1, 0.15) is 24.0 Å². The summed E-state index contributed by atoms with van der Waals surface area (Å²) in [6.45, 7) is 0.990. The van der Waals surface area contributed by atoms with Crippen molar-refractivity contribution < 1.29 is 26.4 Å². The maximum atomic E-state index is 12.6. The highest BCUT2D eigenvalue weighted by Gasteiger charge is 2.23. The van der Waals surface area contributed by atoms with Crippen LogP contribution in [0.5, 0.6) is 0 Å². The van der Waals surface area contributed by atoms with Crippen molar-refractivity contribution >= 4 is 37.5 Å². The highest BCUT2D eigenvalue weighted by molar-refractivity contribution is 7.92. The summed E-state index contributed by atoms with van der Waals surface area (Å²) < 4.78 is 51.2. The molecule has 0 spiro atoms. The maximum absolute atomic E-state index is 12.6. The maximum Gasteiger partial charge on any atom is 0.242 e. The van der Waals surface area contributed by atoms with Crippen LogP contribution in [0.25, 0.3) is 0 Å². The molecule has 2 aromatic carbocycles. The lowest BCUT2D eigenvalue weighted by Gasteiger charge is -2.22. The Morgan fingerprint density at radius 1 is 1.03 bits per heavy atom. The van der Waals surface area contributed by atoms with Crippen LogP contribution in [-0.4, -0.2) is 71.3 Å². The lowest BCUT2D eigenvalue weighted by molar-refractivity contribution is -0.128. The molecule has 3 rings (SSSR count). The summed E-state index contributed by atoms with van der Waals surface area (Å²) in [5.74, 6) is -0.377. The molecule has 0 atom stereocenters. The van der Waals surface area contributed by atoms with Gasteiger partial charge in [0.25, 0.3) is 0 Å². The molecule has 1 fully saturated rings. The largest absolute Gasteiger partial charge is 0.350 e. The molecule has 0 radical (unpaired) electrons. The Labute approximate surface area is 206 Å². The van der Waals surface area contributed by atoms with E-state index >= 15 is 0 Å². The van der Waals surface area contributed by atoms with E-state index in [2.05, 4.69) is 5.32 Å². The highest BCUT2D eigenvalue weighted by atomic mass is 32.2. The molecule has 2 amide bonds. The third-order valence-corrected chi connectivity index (χ3v) is 8.59. The van der Waals surface area contributed by atoms with E-state index in [1.54, 1.807) is 4.90 Å². The second-order valence-corrected chi connectivity index (χ2v) is 12.6. The molecule has 1 saturated heterocycles. The molecule has 0 unspecified atom stereocenters. The Hall–Kier alpha value is -2.96. The van der Waals surface area contributed by atoms with Gasteiger partial charge in [0.1, 0.15) is 6.54 Å². The van der Waals surface area contributed by atoms with Gasteiger partial charge in [-0.3, -0.25) is 13.9 Å². The molecule has 190 valence electrons. The van der Waals surface area contributed by atoms with Crippen molar-refractivity contribution in [2.75, 3.05) is 37.7 Å². The fourth-order valence-corrected chi connectivity index (χ4v) is 5.47. The van der Waals surface area contributed by atoms with Crippen LogP contribution < -0.4 is 9.62 Å². The van der Waals surface area contributed by atoms with Gasteiger partial charge in [-0.15, -0.1) is 0 Å². The van der Waals surface area contributed by atoms with Gasteiger partial charge < -0.3 is 10.2 Å². The fourth-order valence-electron chi connectivity index (χ4n) is 3.71. The smallest absolute Gasteiger partial charge is 0.242 e. The molecule has 35 heavy (non-hydrogen) atoms. The Morgan fingerprint density at radius 3 is 2.26 bits per heavy atom. The number of benzene rings is 2. The zero-order valence-corrected chi connectivity index (χ0v) is 21.6. The van der Waals surface area contributed by atoms with Gasteiger partial charge in [-0.05, 0) is 41.8 Å². The monoisotopic (exact) mass is 522 g/mol. The molecular weight excluding hydrogens is 492 g/mol. The summed E-state index contributed by atoms with van der Waals surface area (Å²) in [7, 11) is -4.68. The molecule has 1 heterocycles. The Balaban J connectivity index is 1.66. The summed E-state index contributed by atoms with van der Waals surface area (Å²) >= 11 is 0. The zero-order valence-electron chi connectivity index (χ0n) is 20.0. The van der Waals surface area contributed by atoms with Gasteiger partial charge in [-0.1, -0.05) is 24.3 Å². The molecule has 1 aliphatic rings. The first-order chi connectivity index (χ1) is 16.4. The predicted molar refractivity (Wildman–Crippen MR) is 132 cm³/mol. The third kappa shape index (κ3) is 6.80. The van der Waals surface area contributed by atoms with E-state index in [-0.39, 0.29) is 23.0 Å². The number of carbonyl (C=O) groups excluding carboxylic acids is 2. The summed E-state index contributed by atoms with van der Waals surface area (Å²) in [6.07, 6.45) is 2.41. The SMILES string of the molecule is CN(C)S(=O)(=O)c1ccc(N(CC(=O)NCc2cccc(CN3CCCC3=O)c2)S(C)(=O)=O)cc1. The van der Waals surface area contributed by atoms with Gasteiger partial charge >= 0.3 is 0 Å². The summed E-state index contributed by atoms with van der Waals surface area (Å²) in [4.78, 5) is 26.3. The van der Waals surface area contributed by atoms with Crippen molar-refractivity contribution in [2.24, 2.45) is 0 Å². The van der Waals surface area contributed by atoms with Gasteiger partial charge in [0.2, 0.25) is 31.9 Å². The Kier molecular flexibility index (Phi) is 8.18. The van der Waals surface area contributed by atoms with E-state index in [1.807, 2.05) is 24.3 Å². The van der Waals surface area contributed by atoms with Crippen molar-refractivity contribution in [3.8, 4) is 0 Å². The average molecular weight is 523 g/mol. The Bertz CT molecular complexity index is 1290. The molecule has 2 aromatic rings. The van der Waals surface area contributed by atoms with E-state index in [1.165, 1.54) is 38.4 Å². The van der Waals surface area contributed by atoms with Crippen molar-refractivity contribution in [3.63, 3.8) is 0 Å². The second kappa shape index (κ2) is 10.8. The van der Waals surface area contributed by atoms with E-state index in [0.717, 1.165) is 39.0 Å². The van der Waals surface area contributed by atoms with E-state index in [4.69, 9.17) is 0 Å². The average Bonchev–Trinajstić information content (AvgIpc) is 3.19. The van der Waals surface area contributed by atoms with Gasteiger partial charge in [0.05, 0.1) is 16.8 Å². The van der Waals surface area contributed by atoms with Crippen LogP contribution in [0.3, 0.4) is 0 Å². The quantitative estimate of drug-likeness (QED) is 0.499. The molecule has 1 N–H and O–H groups in total. The van der Waals surface area contributed by atoms with Crippen molar-refractivity contribution in [2.45, 2.75) is 30.8 Å². The number of nitrogens with one attached hydrogen (secondary N) is 1. The lowest BCUT2D eigenvalue weighted by atomic mass is 10.1. The predicted octanol–water partition coefficient (Wildman–Crippen LogP) is 1.14. The first kappa shape index (κ1) is 26.6. The minimum Gasteiger partial charge on any atom is -0.350 e. The number of rotatable bonds is 10. The molecule has 0 bridgehead atoms. The molecule has 1 aliphatic heterocycles. The van der Waals surface area contributed by atoms with Crippen LogP contribution in [-0.2, 0) is 42.7 Å². The number of amides is 2. The second-order valence-electron chi connectivity index (χ2n) is 8.57. The molecule has 0 aromatic heterocycles. The van der Waals surface area contributed by atoms with Gasteiger partial charge in [0.15, 0.2) is 0 Å². The standard InChI is InChI=1S/C23H30N4O6S2/c1-25(2)35(32,33)21-11-9-20(10-12-21)27(34(3,30)31)17-22(28)24-15-18-6-4-7-19(14-18)16-26-13-5-8-23(26)29/h4,6-7,9-12,14H,5,8,13,15-17H2,1-3H3,(H,24,28). The number of anilines is 1. The normalized spacial score (nSPS) is 14.4. The van der Waals surface area contributed by atoms with Crippen molar-refractivity contribution in [1.29, 1.82) is 0 Å². The first-order valence-electron chi connectivity index (χ1n) is 11.0. The Morgan fingerprint density at radius 2 is 1.69 bits per heavy atom. The number of carbonyl (C=O) groups is 2. The van der Waals surface area contributed by atoms with E-state index < -0.39 is 32.5 Å².